The Kier molecular flexibility index (Phi) is 3.71. The normalized spacial score (nSPS) is 14.0. The van der Waals surface area contributed by atoms with Crippen LogP contribution in [0.25, 0.3) is 0 Å². The number of ether oxygens (including phenoxy) is 1. The van der Waals surface area contributed by atoms with Gasteiger partial charge >= 0.3 is 0 Å². The smallest absolute Gasteiger partial charge is 0.272 e. The molecule has 1 saturated carbocycles. The van der Waals surface area contributed by atoms with E-state index >= 15 is 0 Å². The van der Waals surface area contributed by atoms with Crippen molar-refractivity contribution in [3.05, 3.63) is 46.4 Å². The van der Waals surface area contributed by atoms with Crippen LogP contribution in [0.3, 0.4) is 0 Å². The van der Waals surface area contributed by atoms with Crippen LogP contribution < -0.4 is 10.1 Å². The summed E-state index contributed by atoms with van der Waals surface area (Å²) in [6, 6.07) is 6.51. The van der Waals surface area contributed by atoms with Gasteiger partial charge in [-0.15, -0.1) is 0 Å². The van der Waals surface area contributed by atoms with Crippen molar-refractivity contribution in [2.45, 2.75) is 18.9 Å². The maximum atomic E-state index is 13.6. The van der Waals surface area contributed by atoms with Crippen LogP contribution in [0.15, 0.2) is 34.9 Å². The zero-order chi connectivity index (χ0) is 15.0. The number of anilines is 1. The maximum Gasteiger partial charge on any atom is 0.272 e. The molecule has 0 bridgehead atoms. The number of nitrogens with one attached hydrogen (secondary N) is 1. The van der Waals surface area contributed by atoms with Crippen LogP contribution in [0.5, 0.6) is 5.75 Å². The molecular weight excluding hydrogens is 339 g/mol. The van der Waals surface area contributed by atoms with Gasteiger partial charge in [0.05, 0.1) is 7.11 Å². The zero-order valence-corrected chi connectivity index (χ0v) is 13.0. The Balaban J connectivity index is 1.81. The summed E-state index contributed by atoms with van der Waals surface area (Å²) >= 11 is 3.39. The lowest BCUT2D eigenvalue weighted by Gasteiger charge is -2.09. The second-order valence-electron chi connectivity index (χ2n) is 4.99. The fraction of sp³-hybridized carbons (Fsp3) is 0.267. The van der Waals surface area contributed by atoms with Crippen molar-refractivity contribution < 1.29 is 13.9 Å². The van der Waals surface area contributed by atoms with E-state index in [1.165, 1.54) is 19.2 Å². The van der Waals surface area contributed by atoms with Crippen molar-refractivity contribution >= 4 is 27.5 Å². The van der Waals surface area contributed by atoms with Crippen LogP contribution >= 0.6 is 15.9 Å². The van der Waals surface area contributed by atoms with Crippen LogP contribution in [0.1, 0.15) is 29.4 Å². The van der Waals surface area contributed by atoms with Crippen molar-refractivity contribution in [2.24, 2.45) is 0 Å². The third kappa shape index (κ3) is 2.95. The van der Waals surface area contributed by atoms with E-state index in [1.807, 2.05) is 10.8 Å². The number of aromatic nitrogens is 1. The standard InChI is InChI=1S/C15H14BrFN2O2/c1-21-14-5-2-10(7-12(14)17)18-15(20)13-6-9(16)8-19(13)11-3-4-11/h2,5-8,11H,3-4H2,1H3,(H,18,20). The van der Waals surface area contributed by atoms with Crippen LogP contribution in [0.4, 0.5) is 10.1 Å². The number of amides is 1. The molecule has 4 nitrogen and oxygen atoms in total. The molecular formula is C15H14BrFN2O2. The summed E-state index contributed by atoms with van der Waals surface area (Å²) in [5.41, 5.74) is 0.971. The molecule has 0 aliphatic heterocycles. The lowest BCUT2D eigenvalue weighted by Crippen LogP contribution is -2.16. The van der Waals surface area contributed by atoms with Gasteiger partial charge in [0.2, 0.25) is 0 Å². The third-order valence-electron chi connectivity index (χ3n) is 3.40. The average molecular weight is 353 g/mol. The Hall–Kier alpha value is -1.82. The first-order chi connectivity index (χ1) is 10.1. The molecule has 1 heterocycles. The molecule has 0 saturated heterocycles. The summed E-state index contributed by atoms with van der Waals surface area (Å²) in [4.78, 5) is 12.3. The van der Waals surface area contributed by atoms with Crippen LogP contribution in [0, 0.1) is 5.82 Å². The van der Waals surface area contributed by atoms with Crippen LogP contribution in [-0.4, -0.2) is 17.6 Å². The van der Waals surface area contributed by atoms with E-state index in [0.717, 1.165) is 17.3 Å². The number of halogens is 2. The SMILES string of the molecule is COc1ccc(NC(=O)c2cc(Br)cn2C2CC2)cc1F. The van der Waals surface area contributed by atoms with Crippen LogP contribution in [-0.2, 0) is 0 Å². The predicted octanol–water partition coefficient (Wildman–Crippen LogP) is 3.99. The van der Waals surface area contributed by atoms with Crippen molar-refractivity contribution in [2.75, 3.05) is 12.4 Å². The fourth-order valence-corrected chi connectivity index (χ4v) is 2.66. The van der Waals surface area contributed by atoms with Crippen molar-refractivity contribution in [3.8, 4) is 5.75 Å². The number of rotatable bonds is 4. The van der Waals surface area contributed by atoms with Gasteiger partial charge in [-0.05, 0) is 47.0 Å². The first-order valence-corrected chi connectivity index (χ1v) is 7.40. The van der Waals surface area contributed by atoms with Crippen molar-refractivity contribution in [3.63, 3.8) is 0 Å². The fourth-order valence-electron chi connectivity index (χ4n) is 2.22. The molecule has 1 aromatic heterocycles. The van der Waals surface area contributed by atoms with E-state index < -0.39 is 5.82 Å². The number of benzene rings is 1. The van der Waals surface area contributed by atoms with Gasteiger partial charge in [-0.2, -0.15) is 0 Å². The molecule has 0 radical (unpaired) electrons. The number of carbonyl (C=O) groups excluding carboxylic acids is 1. The summed E-state index contributed by atoms with van der Waals surface area (Å²) in [7, 11) is 1.40. The molecule has 1 fully saturated rings. The summed E-state index contributed by atoms with van der Waals surface area (Å²) < 4.78 is 21.3. The molecule has 21 heavy (non-hydrogen) atoms. The highest BCUT2D eigenvalue weighted by Gasteiger charge is 2.27. The van der Waals surface area contributed by atoms with Crippen molar-refractivity contribution in [1.82, 2.24) is 4.57 Å². The Morgan fingerprint density at radius 3 is 2.81 bits per heavy atom. The first-order valence-electron chi connectivity index (χ1n) is 6.61. The minimum atomic E-state index is -0.506. The van der Waals surface area contributed by atoms with Gasteiger partial charge in [0.25, 0.3) is 5.91 Å². The number of methoxy groups -OCH3 is 1. The molecule has 6 heteroatoms. The van der Waals surface area contributed by atoms with E-state index in [1.54, 1.807) is 12.1 Å². The second kappa shape index (κ2) is 5.52. The molecule has 0 spiro atoms. The van der Waals surface area contributed by atoms with Gasteiger partial charge in [0, 0.05) is 28.5 Å². The predicted molar refractivity (Wildman–Crippen MR) is 81.3 cm³/mol. The summed E-state index contributed by atoms with van der Waals surface area (Å²) in [5, 5.41) is 2.71. The second-order valence-corrected chi connectivity index (χ2v) is 5.90. The lowest BCUT2D eigenvalue weighted by atomic mass is 10.2. The Morgan fingerprint density at radius 1 is 1.43 bits per heavy atom. The van der Waals surface area contributed by atoms with Gasteiger partial charge < -0.3 is 14.6 Å². The van der Waals surface area contributed by atoms with Crippen molar-refractivity contribution in [1.29, 1.82) is 0 Å². The van der Waals surface area contributed by atoms with Gasteiger partial charge in [-0.1, -0.05) is 0 Å². The largest absolute Gasteiger partial charge is 0.494 e. The van der Waals surface area contributed by atoms with E-state index in [0.29, 0.717) is 17.4 Å². The van der Waals surface area contributed by atoms with Gasteiger partial charge in [-0.25, -0.2) is 4.39 Å². The molecule has 0 atom stereocenters. The Bertz CT molecular complexity index is 695. The highest BCUT2D eigenvalue weighted by molar-refractivity contribution is 9.10. The maximum absolute atomic E-state index is 13.6. The highest BCUT2D eigenvalue weighted by atomic mass is 79.9. The quantitative estimate of drug-likeness (QED) is 0.903. The van der Waals surface area contributed by atoms with Gasteiger partial charge in [-0.3, -0.25) is 4.79 Å². The topological polar surface area (TPSA) is 43.3 Å². The minimum Gasteiger partial charge on any atom is -0.494 e. The molecule has 1 amide bonds. The van der Waals surface area contributed by atoms with E-state index in [-0.39, 0.29) is 11.7 Å². The average Bonchev–Trinajstić information content (AvgIpc) is 3.21. The Morgan fingerprint density at radius 2 is 2.19 bits per heavy atom. The summed E-state index contributed by atoms with van der Waals surface area (Å²) in [6.07, 6.45) is 4.07. The number of nitrogens with zero attached hydrogens (tertiary/aromatic N) is 1. The number of hydrogen-bond acceptors (Lipinski definition) is 2. The minimum absolute atomic E-state index is 0.150. The molecule has 0 unspecified atom stereocenters. The van der Waals surface area contributed by atoms with Gasteiger partial charge in [0.15, 0.2) is 11.6 Å². The zero-order valence-electron chi connectivity index (χ0n) is 11.4. The highest BCUT2D eigenvalue weighted by Crippen LogP contribution is 2.37. The molecule has 1 aromatic carbocycles. The van der Waals surface area contributed by atoms with Gasteiger partial charge in [0.1, 0.15) is 5.69 Å². The van der Waals surface area contributed by atoms with Crippen LogP contribution in [0.2, 0.25) is 0 Å². The van der Waals surface area contributed by atoms with E-state index in [9.17, 15) is 9.18 Å². The molecule has 2 aromatic rings. The Labute approximate surface area is 130 Å². The number of hydrogen-bond donors (Lipinski definition) is 1. The summed E-state index contributed by atoms with van der Waals surface area (Å²) in [5.74, 6) is -0.608. The lowest BCUT2D eigenvalue weighted by molar-refractivity contribution is 0.101. The van der Waals surface area contributed by atoms with E-state index in [2.05, 4.69) is 21.2 Å². The number of carbonyl (C=O) groups is 1. The molecule has 1 N–H and O–H groups in total. The monoisotopic (exact) mass is 352 g/mol. The van der Waals surface area contributed by atoms with E-state index in [4.69, 9.17) is 4.74 Å². The first kappa shape index (κ1) is 14.1. The molecule has 1 aliphatic carbocycles. The third-order valence-corrected chi connectivity index (χ3v) is 3.83. The molecule has 110 valence electrons. The summed E-state index contributed by atoms with van der Waals surface area (Å²) in [6.45, 7) is 0. The molecule has 1 aliphatic rings. The molecule has 3 rings (SSSR count).